The average molecular weight is 335 g/mol. The van der Waals surface area contributed by atoms with Crippen LogP contribution >= 0.6 is 15.9 Å². The number of nitrogens with one attached hydrogen (secondary N) is 1. The van der Waals surface area contributed by atoms with Crippen molar-refractivity contribution in [1.82, 2.24) is 10.3 Å². The lowest BCUT2D eigenvalue weighted by Gasteiger charge is -2.03. The summed E-state index contributed by atoms with van der Waals surface area (Å²) in [6, 6.07) is 9.12. The predicted molar refractivity (Wildman–Crippen MR) is 76.5 cm³/mol. The molecule has 0 bridgehead atoms. The number of hydrogen-bond donors (Lipinski definition) is 1. The van der Waals surface area contributed by atoms with Crippen LogP contribution in [0.4, 0.5) is 0 Å². The highest BCUT2D eigenvalue weighted by Gasteiger charge is 2.09. The van der Waals surface area contributed by atoms with E-state index in [0.717, 1.165) is 16.7 Å². The van der Waals surface area contributed by atoms with Crippen LogP contribution in [0.15, 0.2) is 50.2 Å². The molecule has 0 aliphatic heterocycles. The van der Waals surface area contributed by atoms with Gasteiger partial charge in [0.25, 0.3) is 5.91 Å². The van der Waals surface area contributed by atoms with Crippen LogP contribution in [0.1, 0.15) is 16.1 Å². The molecule has 0 fully saturated rings. The Hall–Kier alpha value is -2.08. The third kappa shape index (κ3) is 2.75. The lowest BCUT2D eigenvalue weighted by Crippen LogP contribution is -2.25. The second-order valence-corrected chi connectivity index (χ2v) is 5.05. The second kappa shape index (κ2) is 5.50. The standard InChI is InChI=1S/C14H11BrN2O3/c15-13-4-3-11(20-13)14(18)16-6-5-9-1-2-10-12(7-9)19-8-17-10/h1-4,7-8H,5-6H2,(H,16,18). The summed E-state index contributed by atoms with van der Waals surface area (Å²) in [5, 5.41) is 2.80. The van der Waals surface area contributed by atoms with Crippen molar-refractivity contribution in [3.63, 3.8) is 0 Å². The van der Waals surface area contributed by atoms with Gasteiger partial charge in [-0.05, 0) is 52.2 Å². The summed E-state index contributed by atoms with van der Waals surface area (Å²) in [5.74, 6) is 0.0685. The van der Waals surface area contributed by atoms with Gasteiger partial charge in [0.1, 0.15) is 5.52 Å². The van der Waals surface area contributed by atoms with Crippen molar-refractivity contribution in [2.45, 2.75) is 6.42 Å². The average Bonchev–Trinajstić information content (AvgIpc) is 3.06. The third-order valence-electron chi connectivity index (χ3n) is 2.89. The molecule has 3 rings (SSSR count). The molecule has 0 spiro atoms. The maximum absolute atomic E-state index is 11.8. The van der Waals surface area contributed by atoms with Crippen LogP contribution < -0.4 is 5.32 Å². The minimum absolute atomic E-state index is 0.226. The molecular formula is C14H11BrN2O3. The molecule has 1 aromatic carbocycles. The first-order chi connectivity index (χ1) is 9.72. The maximum atomic E-state index is 11.8. The number of nitrogens with zero attached hydrogens (tertiary/aromatic N) is 1. The second-order valence-electron chi connectivity index (χ2n) is 4.26. The van der Waals surface area contributed by atoms with Crippen LogP contribution in [0.3, 0.4) is 0 Å². The largest absolute Gasteiger partial charge is 0.444 e. The van der Waals surface area contributed by atoms with Crippen LogP contribution in [0.5, 0.6) is 0 Å². The summed E-state index contributed by atoms with van der Waals surface area (Å²) in [6.07, 6.45) is 2.13. The fourth-order valence-corrected chi connectivity index (χ4v) is 2.21. The van der Waals surface area contributed by atoms with Gasteiger partial charge in [0.15, 0.2) is 22.4 Å². The molecule has 0 saturated carbocycles. The molecule has 3 aromatic rings. The van der Waals surface area contributed by atoms with Crippen molar-refractivity contribution in [3.8, 4) is 0 Å². The van der Waals surface area contributed by atoms with Crippen molar-refractivity contribution in [3.05, 3.63) is 52.7 Å². The summed E-state index contributed by atoms with van der Waals surface area (Å²) in [4.78, 5) is 15.8. The van der Waals surface area contributed by atoms with Gasteiger partial charge >= 0.3 is 0 Å². The molecule has 20 heavy (non-hydrogen) atoms. The molecule has 0 aliphatic carbocycles. The van der Waals surface area contributed by atoms with Crippen LogP contribution in [0.2, 0.25) is 0 Å². The minimum atomic E-state index is -0.226. The van der Waals surface area contributed by atoms with Gasteiger partial charge in [0.05, 0.1) is 0 Å². The predicted octanol–water partition coefficient (Wildman–Crippen LogP) is 3.16. The van der Waals surface area contributed by atoms with E-state index in [-0.39, 0.29) is 5.91 Å². The number of fused-ring (bicyclic) bond motifs is 1. The highest BCUT2D eigenvalue weighted by atomic mass is 79.9. The molecule has 102 valence electrons. The van der Waals surface area contributed by atoms with E-state index in [0.29, 0.717) is 23.4 Å². The summed E-state index contributed by atoms with van der Waals surface area (Å²) in [5.41, 5.74) is 2.66. The summed E-state index contributed by atoms with van der Waals surface area (Å²) in [6.45, 7) is 0.525. The number of carbonyl (C=O) groups is 1. The number of oxazole rings is 1. The van der Waals surface area contributed by atoms with Crippen LogP contribution in [-0.4, -0.2) is 17.4 Å². The first-order valence-corrected chi connectivity index (χ1v) is 6.87. The van der Waals surface area contributed by atoms with E-state index in [2.05, 4.69) is 26.2 Å². The zero-order valence-corrected chi connectivity index (χ0v) is 12.0. The lowest BCUT2D eigenvalue weighted by molar-refractivity contribution is 0.0925. The number of hydrogen-bond acceptors (Lipinski definition) is 4. The van der Waals surface area contributed by atoms with Gasteiger partial charge in [0.2, 0.25) is 0 Å². The van der Waals surface area contributed by atoms with Crippen molar-refractivity contribution in [2.75, 3.05) is 6.54 Å². The zero-order chi connectivity index (χ0) is 13.9. The van der Waals surface area contributed by atoms with Crippen molar-refractivity contribution >= 4 is 32.9 Å². The molecule has 0 saturated heterocycles. The molecule has 2 aromatic heterocycles. The third-order valence-corrected chi connectivity index (χ3v) is 3.32. The monoisotopic (exact) mass is 334 g/mol. The molecular weight excluding hydrogens is 324 g/mol. The number of aromatic nitrogens is 1. The Labute approximate surface area is 123 Å². The van der Waals surface area contributed by atoms with Crippen LogP contribution in [-0.2, 0) is 6.42 Å². The summed E-state index contributed by atoms with van der Waals surface area (Å²) >= 11 is 3.16. The van der Waals surface area contributed by atoms with Crippen LogP contribution in [0, 0.1) is 0 Å². The van der Waals surface area contributed by atoms with Crippen LogP contribution in [0.25, 0.3) is 11.1 Å². The molecule has 2 heterocycles. The Morgan fingerprint density at radius 1 is 1.30 bits per heavy atom. The van der Waals surface area contributed by atoms with E-state index in [1.54, 1.807) is 12.1 Å². The van der Waals surface area contributed by atoms with Gasteiger partial charge < -0.3 is 14.2 Å². The fraction of sp³-hybridized carbons (Fsp3) is 0.143. The molecule has 0 radical (unpaired) electrons. The van der Waals surface area contributed by atoms with Gasteiger partial charge in [0, 0.05) is 6.54 Å². The highest BCUT2D eigenvalue weighted by Crippen LogP contribution is 2.15. The van der Waals surface area contributed by atoms with E-state index < -0.39 is 0 Å². The summed E-state index contributed by atoms with van der Waals surface area (Å²) in [7, 11) is 0. The molecule has 0 aliphatic rings. The van der Waals surface area contributed by atoms with E-state index in [4.69, 9.17) is 8.83 Å². The van der Waals surface area contributed by atoms with Crippen molar-refractivity contribution < 1.29 is 13.6 Å². The molecule has 1 N–H and O–H groups in total. The fourth-order valence-electron chi connectivity index (χ4n) is 1.90. The van der Waals surface area contributed by atoms with Gasteiger partial charge in [-0.25, -0.2) is 4.98 Å². The van der Waals surface area contributed by atoms with Gasteiger partial charge in [-0.15, -0.1) is 0 Å². The maximum Gasteiger partial charge on any atom is 0.287 e. The van der Waals surface area contributed by atoms with E-state index in [1.165, 1.54) is 6.39 Å². The van der Waals surface area contributed by atoms with Gasteiger partial charge in [-0.1, -0.05) is 6.07 Å². The molecule has 0 atom stereocenters. The molecule has 6 heteroatoms. The number of furan rings is 1. The van der Waals surface area contributed by atoms with E-state index in [1.807, 2.05) is 18.2 Å². The first-order valence-electron chi connectivity index (χ1n) is 6.08. The zero-order valence-electron chi connectivity index (χ0n) is 10.4. The van der Waals surface area contributed by atoms with Gasteiger partial charge in [-0.3, -0.25) is 4.79 Å². The molecule has 0 unspecified atom stereocenters. The Morgan fingerprint density at radius 2 is 2.20 bits per heavy atom. The SMILES string of the molecule is O=C(NCCc1ccc2ncoc2c1)c1ccc(Br)o1. The Balaban J connectivity index is 1.58. The number of benzene rings is 1. The Bertz CT molecular complexity index is 748. The quantitative estimate of drug-likeness (QED) is 0.795. The van der Waals surface area contributed by atoms with E-state index >= 15 is 0 Å². The number of carbonyl (C=O) groups excluding carboxylic acids is 1. The number of amides is 1. The Kier molecular flexibility index (Phi) is 3.56. The molecule has 1 amide bonds. The first kappa shape index (κ1) is 12.9. The number of halogens is 1. The van der Waals surface area contributed by atoms with E-state index in [9.17, 15) is 4.79 Å². The Morgan fingerprint density at radius 3 is 3.00 bits per heavy atom. The number of rotatable bonds is 4. The smallest absolute Gasteiger partial charge is 0.287 e. The van der Waals surface area contributed by atoms with Crippen molar-refractivity contribution in [1.29, 1.82) is 0 Å². The molecule has 5 nitrogen and oxygen atoms in total. The highest BCUT2D eigenvalue weighted by molar-refractivity contribution is 9.10. The summed E-state index contributed by atoms with van der Waals surface area (Å²) < 4.78 is 11.0. The minimum Gasteiger partial charge on any atom is -0.444 e. The normalized spacial score (nSPS) is 10.8. The van der Waals surface area contributed by atoms with Gasteiger partial charge in [-0.2, -0.15) is 0 Å². The topological polar surface area (TPSA) is 68.3 Å². The van der Waals surface area contributed by atoms with Crippen molar-refractivity contribution in [2.24, 2.45) is 0 Å². The lowest BCUT2D eigenvalue weighted by atomic mass is 10.1.